The summed E-state index contributed by atoms with van der Waals surface area (Å²) in [5.41, 5.74) is 2.07. The van der Waals surface area contributed by atoms with E-state index >= 15 is 0 Å². The molecule has 1 fully saturated rings. The van der Waals surface area contributed by atoms with Crippen LogP contribution in [0.1, 0.15) is 28.8 Å². The maximum atomic E-state index is 12.0. The fourth-order valence-electron chi connectivity index (χ4n) is 2.19. The molecule has 5 nitrogen and oxygen atoms in total. The first kappa shape index (κ1) is 16.3. The minimum Gasteiger partial charge on any atom is -0.349 e. The summed E-state index contributed by atoms with van der Waals surface area (Å²) in [7, 11) is 0. The zero-order valence-corrected chi connectivity index (χ0v) is 13.8. The first-order valence-corrected chi connectivity index (χ1v) is 8.18. The number of urea groups is 1. The summed E-state index contributed by atoms with van der Waals surface area (Å²) < 4.78 is 0. The third kappa shape index (κ3) is 4.73. The van der Waals surface area contributed by atoms with Gasteiger partial charge in [0.15, 0.2) is 0 Å². The van der Waals surface area contributed by atoms with Crippen molar-refractivity contribution in [3.8, 4) is 0 Å². The maximum absolute atomic E-state index is 12.0. The van der Waals surface area contributed by atoms with Crippen molar-refractivity contribution in [2.45, 2.75) is 25.4 Å². The lowest BCUT2D eigenvalue weighted by molar-refractivity contribution is 0.0951. The first-order valence-electron chi connectivity index (χ1n) is 7.80. The zero-order chi connectivity index (χ0) is 16.9. The van der Waals surface area contributed by atoms with E-state index in [2.05, 4.69) is 16.0 Å². The van der Waals surface area contributed by atoms with Crippen molar-refractivity contribution >= 4 is 29.2 Å². The predicted molar refractivity (Wildman–Crippen MR) is 94.2 cm³/mol. The number of amides is 3. The highest BCUT2D eigenvalue weighted by Crippen LogP contribution is 2.20. The van der Waals surface area contributed by atoms with Gasteiger partial charge in [-0.15, -0.1) is 0 Å². The molecule has 3 amide bonds. The fraction of sp³-hybridized carbons (Fsp3) is 0.222. The summed E-state index contributed by atoms with van der Waals surface area (Å²) in [6.07, 6.45) is 2.08. The summed E-state index contributed by atoms with van der Waals surface area (Å²) in [4.78, 5) is 24.0. The third-order valence-corrected chi connectivity index (χ3v) is 3.91. The topological polar surface area (TPSA) is 70.2 Å². The fourth-order valence-corrected chi connectivity index (χ4v) is 2.32. The van der Waals surface area contributed by atoms with Crippen LogP contribution in [0.2, 0.25) is 5.02 Å². The molecule has 0 heterocycles. The van der Waals surface area contributed by atoms with Crippen LogP contribution in [0.5, 0.6) is 0 Å². The zero-order valence-electron chi connectivity index (χ0n) is 13.0. The molecule has 0 bridgehead atoms. The van der Waals surface area contributed by atoms with Gasteiger partial charge in [-0.1, -0.05) is 29.8 Å². The SMILES string of the molecule is O=C(NCc1ccc(Cl)cc1)Nc1cccc(C(=O)NC2CC2)c1. The smallest absolute Gasteiger partial charge is 0.319 e. The third-order valence-electron chi connectivity index (χ3n) is 3.66. The number of nitrogens with one attached hydrogen (secondary N) is 3. The van der Waals surface area contributed by atoms with Gasteiger partial charge in [0.2, 0.25) is 0 Å². The predicted octanol–water partition coefficient (Wildman–Crippen LogP) is 3.55. The Labute approximate surface area is 145 Å². The van der Waals surface area contributed by atoms with Gasteiger partial charge in [-0.05, 0) is 48.7 Å². The molecule has 2 aromatic rings. The van der Waals surface area contributed by atoms with E-state index in [1.54, 1.807) is 36.4 Å². The van der Waals surface area contributed by atoms with E-state index in [1.165, 1.54) is 0 Å². The standard InChI is InChI=1S/C18H18ClN3O2/c19-14-6-4-12(5-7-14)11-20-18(24)22-16-3-1-2-13(10-16)17(23)21-15-8-9-15/h1-7,10,15H,8-9,11H2,(H,21,23)(H2,20,22,24). The van der Waals surface area contributed by atoms with Gasteiger partial charge in [0.1, 0.15) is 0 Å². The number of rotatable bonds is 5. The molecule has 6 heteroatoms. The van der Waals surface area contributed by atoms with Crippen molar-refractivity contribution in [2.24, 2.45) is 0 Å². The lowest BCUT2D eigenvalue weighted by Crippen LogP contribution is -2.28. The second-order valence-corrected chi connectivity index (χ2v) is 6.20. The molecule has 3 N–H and O–H groups in total. The summed E-state index contributed by atoms with van der Waals surface area (Å²) in [6.45, 7) is 0.394. The van der Waals surface area contributed by atoms with Crippen molar-refractivity contribution < 1.29 is 9.59 Å². The van der Waals surface area contributed by atoms with Crippen molar-refractivity contribution in [3.05, 3.63) is 64.7 Å². The molecule has 0 saturated heterocycles. The molecule has 1 aliphatic rings. The highest BCUT2D eigenvalue weighted by molar-refractivity contribution is 6.30. The summed E-state index contributed by atoms with van der Waals surface area (Å²) in [6, 6.07) is 14.1. The minimum absolute atomic E-state index is 0.109. The molecular weight excluding hydrogens is 326 g/mol. The van der Waals surface area contributed by atoms with Crippen molar-refractivity contribution in [2.75, 3.05) is 5.32 Å². The second-order valence-electron chi connectivity index (χ2n) is 5.76. The van der Waals surface area contributed by atoms with Crippen molar-refractivity contribution in [3.63, 3.8) is 0 Å². The van der Waals surface area contributed by atoms with Crippen molar-refractivity contribution in [1.29, 1.82) is 0 Å². The van der Waals surface area contributed by atoms with E-state index in [1.807, 2.05) is 12.1 Å². The largest absolute Gasteiger partial charge is 0.349 e. The molecule has 0 spiro atoms. The molecule has 24 heavy (non-hydrogen) atoms. The van der Waals surface area contributed by atoms with Crippen LogP contribution in [-0.4, -0.2) is 18.0 Å². The molecular formula is C18H18ClN3O2. The summed E-state index contributed by atoms with van der Waals surface area (Å²) >= 11 is 5.83. The number of hydrogen-bond donors (Lipinski definition) is 3. The average molecular weight is 344 g/mol. The van der Waals surface area contributed by atoms with Crippen LogP contribution in [0, 0.1) is 0 Å². The van der Waals surface area contributed by atoms with Crippen LogP contribution >= 0.6 is 11.6 Å². The number of hydrogen-bond acceptors (Lipinski definition) is 2. The van der Waals surface area contributed by atoms with Gasteiger partial charge in [0.25, 0.3) is 5.91 Å². The van der Waals surface area contributed by atoms with E-state index in [0.29, 0.717) is 28.9 Å². The van der Waals surface area contributed by atoms with Gasteiger partial charge in [0.05, 0.1) is 0 Å². The Bertz CT molecular complexity index is 742. The van der Waals surface area contributed by atoms with Crippen LogP contribution in [0.15, 0.2) is 48.5 Å². The number of carbonyl (C=O) groups excluding carboxylic acids is 2. The molecule has 1 aliphatic carbocycles. The van der Waals surface area contributed by atoms with Crippen LogP contribution in [0.25, 0.3) is 0 Å². The molecule has 2 aromatic carbocycles. The van der Waals surface area contributed by atoms with Gasteiger partial charge in [-0.2, -0.15) is 0 Å². The highest BCUT2D eigenvalue weighted by Gasteiger charge is 2.23. The van der Waals surface area contributed by atoms with Gasteiger partial charge in [0, 0.05) is 28.9 Å². The summed E-state index contributed by atoms with van der Waals surface area (Å²) in [5, 5.41) is 9.08. The van der Waals surface area contributed by atoms with Gasteiger partial charge < -0.3 is 16.0 Å². The van der Waals surface area contributed by atoms with E-state index in [0.717, 1.165) is 18.4 Å². The van der Waals surface area contributed by atoms with E-state index < -0.39 is 0 Å². The number of halogens is 1. The van der Waals surface area contributed by atoms with E-state index in [9.17, 15) is 9.59 Å². The Morgan fingerprint density at radius 2 is 1.83 bits per heavy atom. The number of anilines is 1. The van der Waals surface area contributed by atoms with Gasteiger partial charge >= 0.3 is 6.03 Å². The monoisotopic (exact) mass is 343 g/mol. The molecule has 124 valence electrons. The molecule has 0 aliphatic heterocycles. The Kier molecular flexibility index (Phi) is 5.01. The lowest BCUT2D eigenvalue weighted by Gasteiger charge is -2.09. The lowest BCUT2D eigenvalue weighted by atomic mass is 10.2. The van der Waals surface area contributed by atoms with Crippen LogP contribution in [-0.2, 0) is 6.54 Å². The Morgan fingerprint density at radius 1 is 1.08 bits per heavy atom. The quantitative estimate of drug-likeness (QED) is 0.777. The number of benzene rings is 2. The van der Waals surface area contributed by atoms with Crippen LogP contribution in [0.3, 0.4) is 0 Å². The molecule has 3 rings (SSSR count). The van der Waals surface area contributed by atoms with Crippen LogP contribution in [0.4, 0.5) is 10.5 Å². The van der Waals surface area contributed by atoms with E-state index in [-0.39, 0.29) is 11.9 Å². The molecule has 0 unspecified atom stereocenters. The van der Waals surface area contributed by atoms with E-state index in [4.69, 9.17) is 11.6 Å². The molecule has 0 radical (unpaired) electrons. The van der Waals surface area contributed by atoms with Crippen molar-refractivity contribution in [1.82, 2.24) is 10.6 Å². The normalized spacial score (nSPS) is 13.2. The molecule has 0 aromatic heterocycles. The second kappa shape index (κ2) is 7.36. The first-order chi connectivity index (χ1) is 11.6. The van der Waals surface area contributed by atoms with Gasteiger partial charge in [-0.25, -0.2) is 4.79 Å². The van der Waals surface area contributed by atoms with Gasteiger partial charge in [-0.3, -0.25) is 4.79 Å². The summed E-state index contributed by atoms with van der Waals surface area (Å²) in [5.74, 6) is -0.109. The maximum Gasteiger partial charge on any atom is 0.319 e. The Balaban J connectivity index is 1.53. The molecule has 1 saturated carbocycles. The minimum atomic E-state index is -0.329. The highest BCUT2D eigenvalue weighted by atomic mass is 35.5. The Morgan fingerprint density at radius 3 is 2.54 bits per heavy atom. The number of carbonyl (C=O) groups is 2. The van der Waals surface area contributed by atoms with Crippen LogP contribution < -0.4 is 16.0 Å². The molecule has 0 atom stereocenters. The Hall–Kier alpha value is -2.53. The average Bonchev–Trinajstić information content (AvgIpc) is 3.38.